The van der Waals surface area contributed by atoms with Crippen molar-refractivity contribution in [2.45, 2.75) is 123 Å². The van der Waals surface area contributed by atoms with Crippen molar-refractivity contribution in [2.24, 2.45) is 23.2 Å². The number of carbonyl (C=O) groups excluding carboxylic acids is 2. The molecule has 0 aromatic carbocycles. The molecular formula is C30H48O7. The molecule has 0 bridgehead atoms. The van der Waals surface area contributed by atoms with Crippen LogP contribution in [0.5, 0.6) is 0 Å². The molecule has 210 valence electrons. The number of esters is 2. The summed E-state index contributed by atoms with van der Waals surface area (Å²) in [4.78, 5) is 25.4. The lowest BCUT2D eigenvalue weighted by Gasteiger charge is -2.59. The van der Waals surface area contributed by atoms with Crippen LogP contribution in [0.3, 0.4) is 0 Å². The van der Waals surface area contributed by atoms with Gasteiger partial charge in [-0.1, -0.05) is 52.5 Å². The molecule has 3 rings (SSSR count). The number of hydrogen-bond donors (Lipinski definition) is 3. The van der Waals surface area contributed by atoms with Crippen molar-refractivity contribution in [1.82, 2.24) is 0 Å². The third kappa shape index (κ3) is 5.84. The molecule has 0 radical (unpaired) electrons. The highest BCUT2D eigenvalue weighted by atomic mass is 16.6. The number of rotatable bonds is 11. The maximum atomic E-state index is 13.2. The van der Waals surface area contributed by atoms with Gasteiger partial charge in [0.2, 0.25) is 0 Å². The minimum atomic E-state index is -1.34. The van der Waals surface area contributed by atoms with Gasteiger partial charge in [0.15, 0.2) is 0 Å². The molecular weight excluding hydrogens is 472 g/mol. The fourth-order valence-corrected chi connectivity index (χ4v) is 6.65. The van der Waals surface area contributed by atoms with Crippen molar-refractivity contribution < 1.29 is 34.4 Å². The van der Waals surface area contributed by atoms with Crippen LogP contribution in [0, 0.1) is 23.2 Å². The standard InChI is InChI=1S/C30H48O7/c1-7-8-9-10-11-22(17-31)14-18(2)26(32)21(5)28(34)37-25-13-12-19(3)29(6)15-23-20(4)27(33)36-24(23)16-30(25,29)35/h14,19,21-22,24-26,31-32,35H,7-13,15-17H2,1-6H3/b18-14+/t19-,21+,22?,24?,25+,26+,29+,30-/m0/s1. The summed E-state index contributed by atoms with van der Waals surface area (Å²) in [6, 6.07) is 0. The molecule has 1 aliphatic heterocycles. The maximum absolute atomic E-state index is 13.2. The van der Waals surface area contributed by atoms with E-state index in [1.54, 1.807) is 20.8 Å². The predicted molar refractivity (Wildman–Crippen MR) is 141 cm³/mol. The Morgan fingerprint density at radius 1 is 1.27 bits per heavy atom. The first-order chi connectivity index (χ1) is 17.4. The summed E-state index contributed by atoms with van der Waals surface area (Å²) in [5.74, 6) is -1.60. The van der Waals surface area contributed by atoms with E-state index in [4.69, 9.17) is 9.47 Å². The highest BCUT2D eigenvalue weighted by molar-refractivity contribution is 5.91. The van der Waals surface area contributed by atoms with E-state index in [0.29, 0.717) is 24.0 Å². The van der Waals surface area contributed by atoms with Crippen LogP contribution in [0.1, 0.15) is 99.3 Å². The van der Waals surface area contributed by atoms with Gasteiger partial charge in [0.05, 0.1) is 12.0 Å². The second-order valence-electron chi connectivity index (χ2n) is 12.1. The Labute approximate surface area is 222 Å². The zero-order chi connectivity index (χ0) is 27.5. The Kier molecular flexibility index (Phi) is 9.68. The van der Waals surface area contributed by atoms with Crippen molar-refractivity contribution in [3.8, 4) is 0 Å². The third-order valence-electron chi connectivity index (χ3n) is 9.68. The largest absolute Gasteiger partial charge is 0.459 e. The monoisotopic (exact) mass is 520 g/mol. The van der Waals surface area contributed by atoms with Crippen molar-refractivity contribution in [2.75, 3.05) is 6.61 Å². The van der Waals surface area contributed by atoms with Gasteiger partial charge in [0, 0.05) is 29.9 Å². The van der Waals surface area contributed by atoms with E-state index >= 15 is 0 Å². The lowest BCUT2D eigenvalue weighted by atomic mass is 9.51. The number of aliphatic hydroxyl groups is 3. The molecule has 37 heavy (non-hydrogen) atoms. The summed E-state index contributed by atoms with van der Waals surface area (Å²) in [7, 11) is 0. The fourth-order valence-electron chi connectivity index (χ4n) is 6.65. The molecule has 3 N–H and O–H groups in total. The molecule has 7 nitrogen and oxygen atoms in total. The van der Waals surface area contributed by atoms with Gasteiger partial charge in [-0.3, -0.25) is 4.79 Å². The van der Waals surface area contributed by atoms with E-state index in [2.05, 4.69) is 13.8 Å². The second-order valence-corrected chi connectivity index (χ2v) is 12.1. The Morgan fingerprint density at radius 3 is 2.62 bits per heavy atom. The summed E-state index contributed by atoms with van der Waals surface area (Å²) in [5, 5.41) is 32.8. The lowest BCUT2D eigenvalue weighted by molar-refractivity contribution is -0.235. The van der Waals surface area contributed by atoms with Gasteiger partial charge in [0.1, 0.15) is 17.8 Å². The summed E-state index contributed by atoms with van der Waals surface area (Å²) in [5.41, 5.74) is 0.315. The molecule has 2 unspecified atom stereocenters. The molecule has 2 fully saturated rings. The first kappa shape index (κ1) is 29.9. The van der Waals surface area contributed by atoms with E-state index in [0.717, 1.165) is 44.1 Å². The van der Waals surface area contributed by atoms with Gasteiger partial charge >= 0.3 is 11.9 Å². The SMILES string of the molecule is CCCCCCC(/C=C(\C)[C@@H](O)[C@@H](C)C(=O)O[C@@H]1CC[C@H](C)[C@@]2(C)CC3=C(C)C(=O)OC3C[C@]12O)CO. The molecule has 2 aliphatic carbocycles. The van der Waals surface area contributed by atoms with Crippen LogP contribution >= 0.6 is 0 Å². The Balaban J connectivity index is 1.70. The number of ether oxygens (including phenoxy) is 2. The van der Waals surface area contributed by atoms with Gasteiger partial charge in [0.25, 0.3) is 0 Å². The first-order valence-corrected chi connectivity index (χ1v) is 14.2. The summed E-state index contributed by atoms with van der Waals surface area (Å²) < 4.78 is 11.5. The Bertz CT molecular complexity index is 908. The second kappa shape index (κ2) is 12.0. The third-order valence-corrected chi connectivity index (χ3v) is 9.68. The normalized spacial score (nSPS) is 34.4. The zero-order valence-electron chi connectivity index (χ0n) is 23.6. The summed E-state index contributed by atoms with van der Waals surface area (Å²) in [6.07, 6.45) is 6.92. The van der Waals surface area contributed by atoms with Gasteiger partial charge in [-0.25, -0.2) is 4.79 Å². The Hall–Kier alpha value is -1.70. The van der Waals surface area contributed by atoms with Gasteiger partial charge in [-0.15, -0.1) is 0 Å². The van der Waals surface area contributed by atoms with Crippen LogP contribution < -0.4 is 0 Å². The number of hydrogen-bond acceptors (Lipinski definition) is 7. The maximum Gasteiger partial charge on any atom is 0.334 e. The van der Waals surface area contributed by atoms with Crippen molar-refractivity contribution >= 4 is 11.9 Å². The van der Waals surface area contributed by atoms with Crippen LogP contribution in [0.25, 0.3) is 0 Å². The molecule has 0 aromatic heterocycles. The first-order valence-electron chi connectivity index (χ1n) is 14.2. The molecule has 0 saturated heterocycles. The molecule has 0 spiro atoms. The Morgan fingerprint density at radius 2 is 1.97 bits per heavy atom. The number of fused-ring (bicyclic) bond motifs is 2. The highest BCUT2D eigenvalue weighted by Crippen LogP contribution is 2.59. The molecule has 7 heteroatoms. The van der Waals surface area contributed by atoms with Crippen molar-refractivity contribution in [3.63, 3.8) is 0 Å². The molecule has 0 aromatic rings. The van der Waals surface area contributed by atoms with Gasteiger partial charge in [-0.05, 0) is 63.5 Å². The smallest absolute Gasteiger partial charge is 0.334 e. The number of carbonyl (C=O) groups is 2. The van der Waals surface area contributed by atoms with Crippen LogP contribution in [0.4, 0.5) is 0 Å². The quantitative estimate of drug-likeness (QED) is 0.207. The van der Waals surface area contributed by atoms with Crippen LogP contribution in [0.15, 0.2) is 22.8 Å². The average Bonchev–Trinajstić information content (AvgIpc) is 3.13. The van der Waals surface area contributed by atoms with Gasteiger partial charge in [-0.2, -0.15) is 0 Å². The van der Waals surface area contributed by atoms with Crippen LogP contribution in [-0.4, -0.2) is 57.8 Å². The summed E-state index contributed by atoms with van der Waals surface area (Å²) >= 11 is 0. The number of aliphatic hydroxyl groups excluding tert-OH is 2. The highest BCUT2D eigenvalue weighted by Gasteiger charge is 2.64. The van der Waals surface area contributed by atoms with Gasteiger partial charge < -0.3 is 24.8 Å². The van der Waals surface area contributed by atoms with E-state index in [1.807, 2.05) is 13.0 Å². The number of unbranched alkanes of at least 4 members (excludes halogenated alkanes) is 3. The minimum absolute atomic E-state index is 0.00252. The topological polar surface area (TPSA) is 113 Å². The van der Waals surface area contributed by atoms with E-state index in [9.17, 15) is 24.9 Å². The summed E-state index contributed by atoms with van der Waals surface area (Å²) in [6.45, 7) is 11.5. The van der Waals surface area contributed by atoms with Crippen molar-refractivity contribution in [1.29, 1.82) is 0 Å². The van der Waals surface area contributed by atoms with E-state index < -0.39 is 41.2 Å². The fraction of sp³-hybridized carbons (Fsp3) is 0.800. The molecule has 3 aliphatic rings. The molecule has 0 amide bonds. The average molecular weight is 521 g/mol. The predicted octanol–water partition coefficient (Wildman–Crippen LogP) is 4.62. The van der Waals surface area contributed by atoms with Crippen LogP contribution in [-0.2, 0) is 19.1 Å². The molecule has 2 saturated carbocycles. The minimum Gasteiger partial charge on any atom is -0.459 e. The van der Waals surface area contributed by atoms with Crippen LogP contribution in [0.2, 0.25) is 0 Å². The molecule has 1 heterocycles. The van der Waals surface area contributed by atoms with E-state index in [-0.39, 0.29) is 30.8 Å². The lowest BCUT2D eigenvalue weighted by Crippen LogP contribution is -2.65. The molecule has 8 atom stereocenters. The van der Waals surface area contributed by atoms with E-state index in [1.165, 1.54) is 0 Å². The van der Waals surface area contributed by atoms with Crippen molar-refractivity contribution in [3.05, 3.63) is 22.8 Å². The zero-order valence-corrected chi connectivity index (χ0v) is 23.6.